The van der Waals surface area contributed by atoms with Gasteiger partial charge in [0.1, 0.15) is 12.1 Å². The second-order valence-corrected chi connectivity index (χ2v) is 7.72. The van der Waals surface area contributed by atoms with Crippen LogP contribution < -0.4 is 5.32 Å². The lowest BCUT2D eigenvalue weighted by Crippen LogP contribution is -2.44. The smallest absolute Gasteiger partial charge is 0.326 e. The van der Waals surface area contributed by atoms with Gasteiger partial charge in [0.15, 0.2) is 12.4 Å². The molecule has 1 N–H and O–H groups in total. The summed E-state index contributed by atoms with van der Waals surface area (Å²) in [4.78, 5) is 49.7. The highest BCUT2D eigenvalue weighted by Crippen LogP contribution is 2.24. The van der Waals surface area contributed by atoms with Crippen LogP contribution in [0.2, 0.25) is 0 Å². The topological polar surface area (TPSA) is 92.8 Å². The standard InChI is InChI=1S/C21H28N2O5/c1-5-15-6-8-16(9-7-15)17(24)13-28-18(25)12-23-19(26)21(4,22-20(23)27)11-10-14(2)3/h6-9,14H,5,10-13H2,1-4H3,(H,22,27)/t21-/m1/s1. The van der Waals surface area contributed by atoms with E-state index in [9.17, 15) is 19.2 Å². The van der Waals surface area contributed by atoms with E-state index in [1.54, 1.807) is 19.1 Å². The lowest BCUT2D eigenvalue weighted by molar-refractivity contribution is -0.146. The number of aryl methyl sites for hydroxylation is 1. The number of nitrogens with zero attached hydrogens (tertiary/aromatic N) is 1. The molecule has 0 bridgehead atoms. The molecule has 1 aromatic carbocycles. The number of benzene rings is 1. The Kier molecular flexibility index (Phi) is 6.94. The van der Waals surface area contributed by atoms with Crippen molar-refractivity contribution in [3.8, 4) is 0 Å². The first-order valence-corrected chi connectivity index (χ1v) is 9.58. The van der Waals surface area contributed by atoms with Crippen molar-refractivity contribution in [3.05, 3.63) is 35.4 Å². The van der Waals surface area contributed by atoms with Gasteiger partial charge in [0.25, 0.3) is 5.91 Å². The number of imide groups is 1. The van der Waals surface area contributed by atoms with Gasteiger partial charge in [-0.1, -0.05) is 45.0 Å². The fourth-order valence-electron chi connectivity index (χ4n) is 2.97. The van der Waals surface area contributed by atoms with Crippen molar-refractivity contribution in [2.24, 2.45) is 5.92 Å². The van der Waals surface area contributed by atoms with E-state index in [0.717, 1.165) is 23.3 Å². The number of carbonyl (C=O) groups excluding carboxylic acids is 4. The lowest BCUT2D eigenvalue weighted by atomic mass is 9.92. The minimum Gasteiger partial charge on any atom is -0.456 e. The fraction of sp³-hybridized carbons (Fsp3) is 0.524. The van der Waals surface area contributed by atoms with Crippen LogP contribution in [-0.2, 0) is 20.7 Å². The number of ketones is 1. The van der Waals surface area contributed by atoms with Gasteiger partial charge in [-0.05, 0) is 37.7 Å². The Balaban J connectivity index is 1.89. The largest absolute Gasteiger partial charge is 0.456 e. The summed E-state index contributed by atoms with van der Waals surface area (Å²) >= 11 is 0. The summed E-state index contributed by atoms with van der Waals surface area (Å²) in [5, 5.41) is 2.66. The van der Waals surface area contributed by atoms with Gasteiger partial charge in [0.2, 0.25) is 0 Å². The van der Waals surface area contributed by atoms with Crippen LogP contribution in [0.15, 0.2) is 24.3 Å². The predicted molar refractivity (Wildman–Crippen MR) is 104 cm³/mol. The van der Waals surface area contributed by atoms with Crippen molar-refractivity contribution in [2.45, 2.75) is 52.5 Å². The zero-order chi connectivity index (χ0) is 20.9. The molecule has 1 atom stereocenters. The van der Waals surface area contributed by atoms with E-state index in [0.29, 0.717) is 17.9 Å². The van der Waals surface area contributed by atoms with Gasteiger partial charge in [-0.3, -0.25) is 19.3 Å². The molecule has 0 saturated carbocycles. The predicted octanol–water partition coefficient (Wildman–Crippen LogP) is 2.72. The first-order valence-electron chi connectivity index (χ1n) is 9.58. The lowest BCUT2D eigenvalue weighted by Gasteiger charge is -2.22. The number of carbonyl (C=O) groups is 4. The number of nitrogens with one attached hydrogen (secondary N) is 1. The van der Waals surface area contributed by atoms with E-state index >= 15 is 0 Å². The Morgan fingerprint density at radius 2 is 1.82 bits per heavy atom. The van der Waals surface area contributed by atoms with Crippen LogP contribution in [0.3, 0.4) is 0 Å². The maximum absolute atomic E-state index is 12.6. The summed E-state index contributed by atoms with van der Waals surface area (Å²) in [6.07, 6.45) is 2.13. The molecule has 7 heteroatoms. The molecule has 1 fully saturated rings. The molecule has 1 heterocycles. The van der Waals surface area contributed by atoms with Crippen LogP contribution >= 0.6 is 0 Å². The summed E-state index contributed by atoms with van der Waals surface area (Å²) in [5.41, 5.74) is 0.534. The van der Waals surface area contributed by atoms with Crippen molar-refractivity contribution >= 4 is 23.7 Å². The van der Waals surface area contributed by atoms with Gasteiger partial charge < -0.3 is 10.1 Å². The monoisotopic (exact) mass is 388 g/mol. The van der Waals surface area contributed by atoms with E-state index in [-0.39, 0.29) is 5.78 Å². The van der Waals surface area contributed by atoms with Gasteiger partial charge in [-0.2, -0.15) is 0 Å². The summed E-state index contributed by atoms with van der Waals surface area (Å²) < 4.78 is 4.98. The molecular weight excluding hydrogens is 360 g/mol. The molecule has 28 heavy (non-hydrogen) atoms. The average molecular weight is 388 g/mol. The van der Waals surface area contributed by atoms with Crippen LogP contribution in [-0.4, -0.2) is 47.3 Å². The summed E-state index contributed by atoms with van der Waals surface area (Å²) in [6.45, 7) is 6.80. The van der Waals surface area contributed by atoms with Gasteiger partial charge in [0.05, 0.1) is 0 Å². The molecule has 0 aliphatic carbocycles. The molecule has 1 saturated heterocycles. The van der Waals surface area contributed by atoms with Crippen molar-refractivity contribution in [1.29, 1.82) is 0 Å². The molecule has 3 amide bonds. The first-order chi connectivity index (χ1) is 13.2. The Morgan fingerprint density at radius 3 is 2.39 bits per heavy atom. The molecular formula is C21H28N2O5. The highest BCUT2D eigenvalue weighted by molar-refractivity contribution is 6.08. The van der Waals surface area contributed by atoms with Crippen LogP contribution in [0.5, 0.6) is 0 Å². The van der Waals surface area contributed by atoms with E-state index in [2.05, 4.69) is 5.32 Å². The highest BCUT2D eigenvalue weighted by atomic mass is 16.5. The number of hydrogen-bond acceptors (Lipinski definition) is 5. The summed E-state index contributed by atoms with van der Waals surface area (Å²) in [5.74, 6) is -1.19. The Labute approximate surface area is 165 Å². The first kappa shape index (κ1) is 21.6. The molecule has 0 aromatic heterocycles. The fourth-order valence-corrected chi connectivity index (χ4v) is 2.97. The molecule has 0 unspecified atom stereocenters. The van der Waals surface area contributed by atoms with Crippen molar-refractivity contribution in [2.75, 3.05) is 13.2 Å². The maximum Gasteiger partial charge on any atom is 0.326 e. The highest BCUT2D eigenvalue weighted by Gasteiger charge is 2.48. The number of rotatable bonds is 9. The number of ether oxygens (including phenoxy) is 1. The maximum atomic E-state index is 12.6. The summed E-state index contributed by atoms with van der Waals surface area (Å²) in [6, 6.07) is 6.45. The molecule has 1 aliphatic rings. The van der Waals surface area contributed by atoms with Gasteiger partial charge >= 0.3 is 12.0 Å². The van der Waals surface area contributed by atoms with Crippen LogP contribution in [0.25, 0.3) is 0 Å². The minimum absolute atomic E-state index is 0.338. The van der Waals surface area contributed by atoms with Gasteiger partial charge in [0, 0.05) is 5.56 Å². The van der Waals surface area contributed by atoms with E-state index in [1.165, 1.54) is 0 Å². The second kappa shape index (κ2) is 8.99. The number of esters is 1. The normalized spacial score (nSPS) is 19.1. The van der Waals surface area contributed by atoms with Crippen LogP contribution in [0, 0.1) is 5.92 Å². The zero-order valence-corrected chi connectivity index (χ0v) is 16.9. The minimum atomic E-state index is -1.02. The van der Waals surface area contributed by atoms with Crippen molar-refractivity contribution in [3.63, 3.8) is 0 Å². The quantitative estimate of drug-likeness (QED) is 0.399. The third-order valence-electron chi connectivity index (χ3n) is 4.90. The molecule has 1 aliphatic heterocycles. The van der Waals surface area contributed by atoms with E-state index in [1.807, 2.05) is 32.9 Å². The SMILES string of the molecule is CCc1ccc(C(=O)COC(=O)CN2C(=O)N[C@](C)(CCC(C)C)C2=O)cc1. The third-order valence-corrected chi connectivity index (χ3v) is 4.90. The molecule has 1 aromatic rings. The molecule has 2 rings (SSSR count). The Bertz CT molecular complexity index is 757. The zero-order valence-electron chi connectivity index (χ0n) is 16.9. The van der Waals surface area contributed by atoms with Crippen LogP contribution in [0.1, 0.15) is 56.5 Å². The second-order valence-electron chi connectivity index (χ2n) is 7.72. The number of Topliss-reactive ketones (excluding diaryl/α,β-unsaturated/α-hetero) is 1. The van der Waals surface area contributed by atoms with Crippen molar-refractivity contribution in [1.82, 2.24) is 10.2 Å². The molecule has 7 nitrogen and oxygen atoms in total. The van der Waals surface area contributed by atoms with E-state index in [4.69, 9.17) is 4.74 Å². The van der Waals surface area contributed by atoms with Crippen LogP contribution in [0.4, 0.5) is 4.79 Å². The van der Waals surface area contributed by atoms with Crippen molar-refractivity contribution < 1.29 is 23.9 Å². The van der Waals surface area contributed by atoms with Gasteiger partial charge in [-0.15, -0.1) is 0 Å². The molecule has 152 valence electrons. The molecule has 0 radical (unpaired) electrons. The Hall–Kier alpha value is -2.70. The third kappa shape index (κ3) is 5.18. The molecule has 0 spiro atoms. The number of urea groups is 1. The number of amides is 3. The summed E-state index contributed by atoms with van der Waals surface area (Å²) in [7, 11) is 0. The Morgan fingerprint density at radius 1 is 1.18 bits per heavy atom. The van der Waals surface area contributed by atoms with Gasteiger partial charge in [-0.25, -0.2) is 4.79 Å². The van der Waals surface area contributed by atoms with E-state index < -0.39 is 36.6 Å². The number of hydrogen-bond donors (Lipinski definition) is 1. The average Bonchev–Trinajstić information content (AvgIpc) is 2.88.